The lowest BCUT2D eigenvalue weighted by atomic mass is 9.91. The van der Waals surface area contributed by atoms with Crippen LogP contribution in [-0.2, 0) is 4.79 Å². The van der Waals surface area contributed by atoms with Crippen LogP contribution in [0.3, 0.4) is 0 Å². The molecule has 5 heteroatoms. The zero-order chi connectivity index (χ0) is 23.6. The Balaban J connectivity index is 1.82. The molecule has 4 rings (SSSR count). The first kappa shape index (κ1) is 23.2. The zero-order valence-corrected chi connectivity index (χ0v) is 20.9. The lowest BCUT2D eigenvalue weighted by Gasteiger charge is -2.40. The van der Waals surface area contributed by atoms with Crippen molar-refractivity contribution in [2.24, 2.45) is 0 Å². The maximum atomic E-state index is 14.0. The van der Waals surface area contributed by atoms with Gasteiger partial charge in [-0.3, -0.25) is 14.5 Å². The molecule has 0 heterocycles. The smallest absolute Gasteiger partial charge is 0.259 e. The number of anilines is 2. The number of rotatable bonds is 5. The number of hydrogen-bond acceptors (Lipinski definition) is 2. The molecule has 0 atom stereocenters. The summed E-state index contributed by atoms with van der Waals surface area (Å²) in [7, 11) is 0. The second kappa shape index (κ2) is 9.52. The first-order valence-electron chi connectivity index (χ1n) is 11.4. The molecule has 0 aliphatic heterocycles. The Labute approximate surface area is 204 Å². The van der Waals surface area contributed by atoms with E-state index >= 15 is 0 Å². The van der Waals surface area contributed by atoms with E-state index in [2.05, 4.69) is 21.2 Å². The van der Waals surface area contributed by atoms with Crippen LogP contribution in [0, 0.1) is 20.8 Å². The minimum atomic E-state index is -0.955. The van der Waals surface area contributed by atoms with Crippen LogP contribution >= 0.6 is 15.9 Å². The van der Waals surface area contributed by atoms with Crippen molar-refractivity contribution >= 4 is 39.1 Å². The largest absolute Gasteiger partial charge is 0.324 e. The highest BCUT2D eigenvalue weighted by Gasteiger charge is 2.49. The predicted octanol–water partition coefficient (Wildman–Crippen LogP) is 6.97. The molecule has 1 N–H and O–H groups in total. The van der Waals surface area contributed by atoms with E-state index in [1.165, 1.54) is 0 Å². The average molecular weight is 505 g/mol. The Morgan fingerprint density at radius 2 is 1.48 bits per heavy atom. The molecule has 3 aromatic rings. The molecule has 1 aliphatic rings. The quantitative estimate of drug-likeness (QED) is 0.407. The van der Waals surface area contributed by atoms with Crippen molar-refractivity contribution in [2.75, 3.05) is 10.2 Å². The standard InChI is InChI=1S/C28H29BrN2O2/c1-19-12-14-24(15-13-19)31(26(32)22-10-7-11-23(29)18-22)28(16-4-5-17-28)27(33)30-25-20(2)8-6-9-21(25)3/h6-15,18H,4-5,16-17H2,1-3H3,(H,30,33). The van der Waals surface area contributed by atoms with E-state index < -0.39 is 5.54 Å². The van der Waals surface area contributed by atoms with Gasteiger partial charge >= 0.3 is 0 Å². The van der Waals surface area contributed by atoms with Gasteiger partial charge in [0.1, 0.15) is 5.54 Å². The van der Waals surface area contributed by atoms with Gasteiger partial charge in [0, 0.05) is 21.4 Å². The van der Waals surface area contributed by atoms with Gasteiger partial charge in [0.25, 0.3) is 11.8 Å². The third-order valence-electron chi connectivity index (χ3n) is 6.57. The number of carbonyl (C=O) groups excluding carboxylic acids is 2. The topological polar surface area (TPSA) is 49.4 Å². The molecule has 4 nitrogen and oxygen atoms in total. The molecule has 1 saturated carbocycles. The fourth-order valence-corrected chi connectivity index (χ4v) is 5.16. The third kappa shape index (κ3) is 4.60. The van der Waals surface area contributed by atoms with E-state index in [0.29, 0.717) is 18.4 Å². The summed E-state index contributed by atoms with van der Waals surface area (Å²) >= 11 is 3.48. The number of nitrogens with zero attached hydrogens (tertiary/aromatic N) is 1. The molecule has 0 spiro atoms. The number of nitrogens with one attached hydrogen (secondary N) is 1. The molecular weight excluding hydrogens is 476 g/mol. The minimum absolute atomic E-state index is 0.124. The SMILES string of the molecule is Cc1ccc(N(C(=O)c2cccc(Br)c2)C2(C(=O)Nc3c(C)cccc3C)CCCC2)cc1. The third-order valence-corrected chi connectivity index (χ3v) is 7.06. The Morgan fingerprint density at radius 1 is 0.879 bits per heavy atom. The molecule has 0 unspecified atom stereocenters. The number of amides is 2. The summed E-state index contributed by atoms with van der Waals surface area (Å²) in [6.07, 6.45) is 3.04. The van der Waals surface area contributed by atoms with Crippen LogP contribution in [0.15, 0.2) is 71.2 Å². The summed E-state index contributed by atoms with van der Waals surface area (Å²) in [6.45, 7) is 6.01. The molecule has 33 heavy (non-hydrogen) atoms. The summed E-state index contributed by atoms with van der Waals surface area (Å²) in [5.41, 5.74) is 4.29. The van der Waals surface area contributed by atoms with Crippen LogP contribution in [0.25, 0.3) is 0 Å². The average Bonchev–Trinajstić information content (AvgIpc) is 3.28. The molecule has 0 radical (unpaired) electrons. The minimum Gasteiger partial charge on any atom is -0.324 e. The monoisotopic (exact) mass is 504 g/mol. The van der Waals surface area contributed by atoms with Crippen molar-refractivity contribution in [3.05, 3.63) is 93.5 Å². The van der Waals surface area contributed by atoms with Crippen LogP contribution in [0.4, 0.5) is 11.4 Å². The Morgan fingerprint density at radius 3 is 2.09 bits per heavy atom. The van der Waals surface area contributed by atoms with Crippen molar-refractivity contribution in [1.82, 2.24) is 0 Å². The van der Waals surface area contributed by atoms with Crippen molar-refractivity contribution in [3.8, 4) is 0 Å². The highest BCUT2D eigenvalue weighted by molar-refractivity contribution is 9.10. The molecule has 0 bridgehead atoms. The lowest BCUT2D eigenvalue weighted by Crippen LogP contribution is -2.58. The van der Waals surface area contributed by atoms with Crippen LogP contribution in [-0.4, -0.2) is 17.4 Å². The molecule has 3 aromatic carbocycles. The maximum Gasteiger partial charge on any atom is 0.259 e. The summed E-state index contributed by atoms with van der Waals surface area (Å²) in [5, 5.41) is 3.20. The van der Waals surface area contributed by atoms with E-state index in [-0.39, 0.29) is 11.8 Å². The number of halogens is 1. The highest BCUT2D eigenvalue weighted by Crippen LogP contribution is 2.41. The maximum absolute atomic E-state index is 14.0. The van der Waals surface area contributed by atoms with Crippen molar-refractivity contribution in [2.45, 2.75) is 52.0 Å². The predicted molar refractivity (Wildman–Crippen MR) is 138 cm³/mol. The van der Waals surface area contributed by atoms with Gasteiger partial charge < -0.3 is 5.32 Å². The van der Waals surface area contributed by atoms with Gasteiger partial charge in [-0.05, 0) is 75.1 Å². The molecule has 0 saturated heterocycles. The number of hydrogen-bond donors (Lipinski definition) is 1. The fraction of sp³-hybridized carbons (Fsp3) is 0.286. The van der Waals surface area contributed by atoms with Crippen molar-refractivity contribution in [3.63, 3.8) is 0 Å². The summed E-state index contributed by atoms with van der Waals surface area (Å²) < 4.78 is 0.831. The Bertz CT molecular complexity index is 1160. The van der Waals surface area contributed by atoms with Crippen LogP contribution in [0.5, 0.6) is 0 Å². The van der Waals surface area contributed by atoms with Crippen LogP contribution in [0.2, 0.25) is 0 Å². The van der Waals surface area contributed by atoms with E-state index in [4.69, 9.17) is 0 Å². The first-order chi connectivity index (χ1) is 15.8. The van der Waals surface area contributed by atoms with Crippen molar-refractivity contribution in [1.29, 1.82) is 0 Å². The summed E-state index contributed by atoms with van der Waals surface area (Å²) in [4.78, 5) is 29.7. The van der Waals surface area contributed by atoms with Gasteiger partial charge in [-0.1, -0.05) is 70.7 Å². The van der Waals surface area contributed by atoms with E-state index in [1.807, 2.05) is 81.4 Å². The molecule has 1 aliphatic carbocycles. The zero-order valence-electron chi connectivity index (χ0n) is 19.3. The van der Waals surface area contributed by atoms with E-state index in [1.54, 1.807) is 11.0 Å². The summed E-state index contributed by atoms with van der Waals surface area (Å²) in [6, 6.07) is 21.2. The highest BCUT2D eigenvalue weighted by atomic mass is 79.9. The Kier molecular flexibility index (Phi) is 6.71. The molecule has 2 amide bonds. The number of aryl methyl sites for hydroxylation is 3. The van der Waals surface area contributed by atoms with Gasteiger partial charge in [-0.25, -0.2) is 0 Å². The van der Waals surface area contributed by atoms with Gasteiger partial charge in [0.05, 0.1) is 0 Å². The fourth-order valence-electron chi connectivity index (χ4n) is 4.76. The van der Waals surface area contributed by atoms with Gasteiger partial charge in [0.15, 0.2) is 0 Å². The van der Waals surface area contributed by atoms with Crippen LogP contribution in [0.1, 0.15) is 52.7 Å². The Hall–Kier alpha value is -2.92. The normalized spacial score (nSPS) is 14.7. The van der Waals surface area contributed by atoms with E-state index in [9.17, 15) is 9.59 Å². The molecule has 170 valence electrons. The van der Waals surface area contributed by atoms with E-state index in [0.717, 1.165) is 45.4 Å². The lowest BCUT2D eigenvalue weighted by molar-refractivity contribution is -0.121. The molecular formula is C28H29BrN2O2. The van der Waals surface area contributed by atoms with Gasteiger partial charge in [-0.2, -0.15) is 0 Å². The van der Waals surface area contributed by atoms with Gasteiger partial charge in [0.2, 0.25) is 0 Å². The number of carbonyl (C=O) groups is 2. The van der Waals surface area contributed by atoms with Crippen molar-refractivity contribution < 1.29 is 9.59 Å². The van der Waals surface area contributed by atoms with Gasteiger partial charge in [-0.15, -0.1) is 0 Å². The molecule has 0 aromatic heterocycles. The number of benzene rings is 3. The number of para-hydroxylation sites is 1. The first-order valence-corrected chi connectivity index (χ1v) is 12.2. The second-order valence-corrected chi connectivity index (χ2v) is 9.86. The second-order valence-electron chi connectivity index (χ2n) is 8.95. The van der Waals surface area contributed by atoms with Crippen LogP contribution < -0.4 is 10.2 Å². The summed E-state index contributed by atoms with van der Waals surface area (Å²) in [5.74, 6) is -0.292. The molecule has 1 fully saturated rings.